The lowest BCUT2D eigenvalue weighted by Gasteiger charge is -2.21. The van der Waals surface area contributed by atoms with Gasteiger partial charge in [-0.15, -0.1) is 13.2 Å². The van der Waals surface area contributed by atoms with Crippen molar-refractivity contribution in [2.75, 3.05) is 18.0 Å². The van der Waals surface area contributed by atoms with E-state index in [-0.39, 0.29) is 11.3 Å². The Labute approximate surface area is 105 Å². The zero-order valence-corrected chi connectivity index (χ0v) is 9.91. The Kier molecular flexibility index (Phi) is 4.80. The van der Waals surface area contributed by atoms with E-state index in [4.69, 9.17) is 0 Å². The predicted molar refractivity (Wildman–Crippen MR) is 71.1 cm³/mol. The van der Waals surface area contributed by atoms with Gasteiger partial charge in [-0.3, -0.25) is 14.9 Å². The van der Waals surface area contributed by atoms with E-state index in [1.165, 1.54) is 12.1 Å². The van der Waals surface area contributed by atoms with Crippen molar-refractivity contribution in [2.24, 2.45) is 0 Å². The highest BCUT2D eigenvalue weighted by molar-refractivity contribution is 5.83. The maximum absolute atomic E-state index is 10.9. The molecule has 0 aliphatic rings. The average molecular weight is 246 g/mol. The van der Waals surface area contributed by atoms with E-state index < -0.39 is 4.92 Å². The molecule has 0 saturated carbocycles. The number of carbonyl (C=O) groups excluding carboxylic acids is 1. The molecule has 0 spiro atoms. The standard InChI is InChI=1S/C13H14N2O3/c1-3-7-14(8-4-2)12-5-6-13(15(17)18)11(9-12)10-16/h3-6,9-10H,1-2,7-8H2. The third-order valence-electron chi connectivity index (χ3n) is 2.40. The summed E-state index contributed by atoms with van der Waals surface area (Å²) in [5, 5.41) is 10.7. The average Bonchev–Trinajstić information content (AvgIpc) is 2.37. The SMILES string of the molecule is C=CCN(CC=C)c1ccc([N+](=O)[O-])c(C=O)c1. The third-order valence-corrected chi connectivity index (χ3v) is 2.40. The minimum atomic E-state index is -0.571. The van der Waals surface area contributed by atoms with Crippen molar-refractivity contribution in [1.29, 1.82) is 0 Å². The molecule has 1 rings (SSSR count). The maximum Gasteiger partial charge on any atom is 0.280 e. The van der Waals surface area contributed by atoms with Crippen LogP contribution in [0.25, 0.3) is 0 Å². The van der Waals surface area contributed by atoms with Crippen LogP contribution in [0, 0.1) is 10.1 Å². The van der Waals surface area contributed by atoms with Gasteiger partial charge in [0.1, 0.15) is 0 Å². The van der Waals surface area contributed by atoms with E-state index in [1.54, 1.807) is 18.2 Å². The third kappa shape index (κ3) is 3.04. The van der Waals surface area contributed by atoms with Crippen molar-refractivity contribution >= 4 is 17.7 Å². The van der Waals surface area contributed by atoms with Gasteiger partial charge in [-0.2, -0.15) is 0 Å². The van der Waals surface area contributed by atoms with Gasteiger partial charge < -0.3 is 4.90 Å². The number of carbonyl (C=O) groups is 1. The molecule has 0 aliphatic heterocycles. The van der Waals surface area contributed by atoms with Gasteiger partial charge in [-0.1, -0.05) is 12.2 Å². The lowest BCUT2D eigenvalue weighted by Crippen LogP contribution is -2.23. The molecule has 0 N–H and O–H groups in total. The van der Waals surface area contributed by atoms with E-state index >= 15 is 0 Å². The van der Waals surface area contributed by atoms with Crippen LogP contribution in [0.5, 0.6) is 0 Å². The van der Waals surface area contributed by atoms with Crippen LogP contribution in [0.4, 0.5) is 11.4 Å². The van der Waals surface area contributed by atoms with Crippen LogP contribution in [0.15, 0.2) is 43.5 Å². The van der Waals surface area contributed by atoms with E-state index in [1.807, 2.05) is 4.90 Å². The number of rotatable bonds is 7. The van der Waals surface area contributed by atoms with Crippen molar-refractivity contribution in [3.05, 3.63) is 59.2 Å². The Bertz CT molecular complexity index is 473. The van der Waals surface area contributed by atoms with Crippen molar-refractivity contribution in [2.45, 2.75) is 0 Å². The second-order valence-electron chi connectivity index (χ2n) is 3.60. The van der Waals surface area contributed by atoms with Crippen molar-refractivity contribution in [3.8, 4) is 0 Å². The molecule has 5 heteroatoms. The fourth-order valence-corrected chi connectivity index (χ4v) is 1.60. The van der Waals surface area contributed by atoms with Crippen LogP contribution in [0.2, 0.25) is 0 Å². The first kappa shape index (κ1) is 13.6. The van der Waals surface area contributed by atoms with E-state index in [9.17, 15) is 14.9 Å². The molecule has 0 aromatic heterocycles. The number of aldehydes is 1. The second kappa shape index (κ2) is 6.34. The number of nitro benzene ring substituents is 1. The Balaban J connectivity index is 3.16. The van der Waals surface area contributed by atoms with Crippen LogP contribution in [0.1, 0.15) is 10.4 Å². The highest BCUT2D eigenvalue weighted by Gasteiger charge is 2.15. The number of hydrogen-bond acceptors (Lipinski definition) is 4. The number of hydrogen-bond donors (Lipinski definition) is 0. The zero-order chi connectivity index (χ0) is 13.5. The lowest BCUT2D eigenvalue weighted by molar-refractivity contribution is -0.385. The lowest BCUT2D eigenvalue weighted by atomic mass is 10.1. The van der Waals surface area contributed by atoms with Gasteiger partial charge in [-0.05, 0) is 12.1 Å². The molecule has 1 aromatic rings. The molecule has 0 radical (unpaired) electrons. The predicted octanol–water partition coefficient (Wildman–Crippen LogP) is 2.59. The van der Waals surface area contributed by atoms with Crippen LogP contribution in [0.3, 0.4) is 0 Å². The highest BCUT2D eigenvalue weighted by atomic mass is 16.6. The summed E-state index contributed by atoms with van der Waals surface area (Å²) < 4.78 is 0. The molecule has 5 nitrogen and oxygen atoms in total. The Morgan fingerprint density at radius 3 is 2.33 bits per heavy atom. The number of nitrogens with zero attached hydrogens (tertiary/aromatic N) is 2. The van der Waals surface area contributed by atoms with Gasteiger partial charge in [0, 0.05) is 24.8 Å². The second-order valence-corrected chi connectivity index (χ2v) is 3.60. The Hall–Kier alpha value is -2.43. The van der Waals surface area contributed by atoms with Gasteiger partial charge in [0.05, 0.1) is 10.5 Å². The molecule has 1 aromatic carbocycles. The monoisotopic (exact) mass is 246 g/mol. The summed E-state index contributed by atoms with van der Waals surface area (Å²) in [6, 6.07) is 4.44. The Morgan fingerprint density at radius 1 is 1.28 bits per heavy atom. The molecule has 0 saturated heterocycles. The quantitative estimate of drug-likeness (QED) is 0.321. The van der Waals surface area contributed by atoms with Gasteiger partial charge in [0.2, 0.25) is 0 Å². The summed E-state index contributed by atoms with van der Waals surface area (Å²) in [7, 11) is 0. The van der Waals surface area contributed by atoms with Crippen molar-refractivity contribution < 1.29 is 9.72 Å². The fourth-order valence-electron chi connectivity index (χ4n) is 1.60. The van der Waals surface area contributed by atoms with Crippen LogP contribution in [-0.4, -0.2) is 24.3 Å². The fraction of sp³-hybridized carbons (Fsp3) is 0.154. The molecule has 18 heavy (non-hydrogen) atoms. The van der Waals surface area contributed by atoms with Gasteiger partial charge >= 0.3 is 0 Å². The van der Waals surface area contributed by atoms with E-state index in [0.717, 1.165) is 5.69 Å². The number of anilines is 1. The summed E-state index contributed by atoms with van der Waals surface area (Å²) in [6.45, 7) is 8.43. The maximum atomic E-state index is 10.9. The molecule has 0 atom stereocenters. The first-order valence-corrected chi connectivity index (χ1v) is 5.34. The summed E-state index contributed by atoms with van der Waals surface area (Å²) in [4.78, 5) is 22.9. The Morgan fingerprint density at radius 2 is 1.89 bits per heavy atom. The number of nitro groups is 1. The van der Waals surface area contributed by atoms with Gasteiger partial charge in [-0.25, -0.2) is 0 Å². The smallest absolute Gasteiger partial charge is 0.280 e. The molecule has 0 heterocycles. The molecule has 0 fully saturated rings. The topological polar surface area (TPSA) is 63.4 Å². The molecular weight excluding hydrogens is 232 g/mol. The summed E-state index contributed by atoms with van der Waals surface area (Å²) >= 11 is 0. The summed E-state index contributed by atoms with van der Waals surface area (Å²) in [5.41, 5.74) is 0.601. The minimum absolute atomic E-state index is 0.0654. The van der Waals surface area contributed by atoms with Crippen molar-refractivity contribution in [3.63, 3.8) is 0 Å². The molecule has 94 valence electrons. The first-order valence-electron chi connectivity index (χ1n) is 5.34. The largest absolute Gasteiger partial charge is 0.364 e. The normalized spacial score (nSPS) is 9.56. The minimum Gasteiger partial charge on any atom is -0.364 e. The van der Waals surface area contributed by atoms with Crippen molar-refractivity contribution in [1.82, 2.24) is 0 Å². The van der Waals surface area contributed by atoms with E-state index in [0.29, 0.717) is 19.4 Å². The van der Waals surface area contributed by atoms with Gasteiger partial charge in [0.15, 0.2) is 6.29 Å². The molecule has 0 aliphatic carbocycles. The van der Waals surface area contributed by atoms with Crippen LogP contribution in [-0.2, 0) is 0 Å². The molecular formula is C13H14N2O3. The van der Waals surface area contributed by atoms with Crippen LogP contribution >= 0.6 is 0 Å². The summed E-state index contributed by atoms with van der Waals surface area (Å²) in [6.07, 6.45) is 3.92. The number of benzene rings is 1. The molecule has 0 unspecified atom stereocenters. The molecule has 0 amide bonds. The molecule has 0 bridgehead atoms. The zero-order valence-electron chi connectivity index (χ0n) is 9.91. The van der Waals surface area contributed by atoms with Gasteiger partial charge in [0.25, 0.3) is 5.69 Å². The highest BCUT2D eigenvalue weighted by Crippen LogP contribution is 2.23. The van der Waals surface area contributed by atoms with E-state index in [2.05, 4.69) is 13.2 Å². The first-order chi connectivity index (χ1) is 8.63. The van der Waals surface area contributed by atoms with Crippen LogP contribution < -0.4 is 4.90 Å². The summed E-state index contributed by atoms with van der Waals surface area (Å²) in [5.74, 6) is 0.